The third kappa shape index (κ3) is 3.82. The van der Waals surface area contributed by atoms with Crippen molar-refractivity contribution in [3.63, 3.8) is 0 Å². The number of carbonyl (C=O) groups is 2. The predicted octanol–water partition coefficient (Wildman–Crippen LogP) is 3.75. The summed E-state index contributed by atoms with van der Waals surface area (Å²) < 4.78 is 0.987. The molecule has 0 saturated heterocycles. The number of carboxylic acid groups (broad SMARTS) is 1. The molecule has 1 unspecified atom stereocenters. The minimum atomic E-state index is -1.11. The van der Waals surface area contributed by atoms with Crippen LogP contribution in [-0.2, 0) is 9.59 Å². The molecule has 4 nitrogen and oxygen atoms in total. The standard InChI is InChI=1S/C15H20BrNO3/c1-8-6-10(7-9(2)12(8)16)17-13(18)11(14(19)20)15(3,4)5/h6-7,11H,1-5H3,(H,17,18)(H,19,20). The van der Waals surface area contributed by atoms with Crippen LogP contribution in [-0.4, -0.2) is 17.0 Å². The largest absolute Gasteiger partial charge is 0.481 e. The van der Waals surface area contributed by atoms with Gasteiger partial charge in [-0.2, -0.15) is 0 Å². The van der Waals surface area contributed by atoms with E-state index in [2.05, 4.69) is 21.2 Å². The van der Waals surface area contributed by atoms with Crippen LogP contribution in [0.2, 0.25) is 0 Å². The molecule has 0 aliphatic heterocycles. The Morgan fingerprint density at radius 2 is 1.65 bits per heavy atom. The fourth-order valence-corrected chi connectivity index (χ4v) is 2.34. The highest BCUT2D eigenvalue weighted by Crippen LogP contribution is 2.29. The second kappa shape index (κ2) is 5.95. The van der Waals surface area contributed by atoms with Crippen molar-refractivity contribution in [3.05, 3.63) is 27.7 Å². The molecule has 0 radical (unpaired) electrons. The second-order valence-electron chi connectivity index (χ2n) is 6.05. The maximum Gasteiger partial charge on any atom is 0.316 e. The van der Waals surface area contributed by atoms with Gasteiger partial charge < -0.3 is 10.4 Å². The number of aryl methyl sites for hydroxylation is 2. The van der Waals surface area contributed by atoms with Crippen LogP contribution < -0.4 is 5.32 Å². The zero-order valence-electron chi connectivity index (χ0n) is 12.4. The van der Waals surface area contributed by atoms with E-state index in [0.29, 0.717) is 5.69 Å². The molecule has 1 amide bonds. The molecule has 0 heterocycles. The van der Waals surface area contributed by atoms with Gasteiger partial charge in [-0.3, -0.25) is 9.59 Å². The summed E-state index contributed by atoms with van der Waals surface area (Å²) >= 11 is 3.46. The van der Waals surface area contributed by atoms with Gasteiger partial charge in [0, 0.05) is 10.2 Å². The van der Waals surface area contributed by atoms with Gasteiger partial charge in [0.05, 0.1) is 0 Å². The van der Waals surface area contributed by atoms with E-state index in [1.165, 1.54) is 0 Å². The van der Waals surface area contributed by atoms with Gasteiger partial charge in [0.1, 0.15) is 5.92 Å². The molecule has 0 spiro atoms. The van der Waals surface area contributed by atoms with Crippen molar-refractivity contribution in [1.29, 1.82) is 0 Å². The van der Waals surface area contributed by atoms with Gasteiger partial charge in [0.25, 0.3) is 0 Å². The van der Waals surface area contributed by atoms with Gasteiger partial charge in [-0.1, -0.05) is 36.7 Å². The van der Waals surface area contributed by atoms with Gasteiger partial charge in [-0.05, 0) is 42.5 Å². The van der Waals surface area contributed by atoms with E-state index in [-0.39, 0.29) is 0 Å². The van der Waals surface area contributed by atoms with Crippen molar-refractivity contribution in [2.75, 3.05) is 5.32 Å². The first-order valence-electron chi connectivity index (χ1n) is 6.34. The molecule has 110 valence electrons. The number of benzene rings is 1. The number of amides is 1. The monoisotopic (exact) mass is 341 g/mol. The maximum atomic E-state index is 12.2. The van der Waals surface area contributed by atoms with E-state index in [4.69, 9.17) is 0 Å². The summed E-state index contributed by atoms with van der Waals surface area (Å²) in [6, 6.07) is 3.63. The minimum absolute atomic E-state index is 0.494. The molecule has 1 aromatic rings. The van der Waals surface area contributed by atoms with E-state index in [1.807, 2.05) is 26.0 Å². The number of hydrogen-bond donors (Lipinski definition) is 2. The number of rotatable bonds is 3. The van der Waals surface area contributed by atoms with Crippen molar-refractivity contribution in [2.45, 2.75) is 34.6 Å². The molecule has 0 aromatic heterocycles. The van der Waals surface area contributed by atoms with E-state index in [0.717, 1.165) is 15.6 Å². The molecule has 1 rings (SSSR count). The Balaban J connectivity index is 3.03. The Labute approximate surface area is 127 Å². The Morgan fingerprint density at radius 1 is 1.20 bits per heavy atom. The lowest BCUT2D eigenvalue weighted by Crippen LogP contribution is -2.39. The van der Waals surface area contributed by atoms with Gasteiger partial charge in [0.15, 0.2) is 0 Å². The predicted molar refractivity (Wildman–Crippen MR) is 82.8 cm³/mol. The van der Waals surface area contributed by atoms with Crippen LogP contribution in [0, 0.1) is 25.2 Å². The molecule has 1 atom stereocenters. The van der Waals surface area contributed by atoms with Crippen molar-refractivity contribution in [1.82, 2.24) is 0 Å². The first kappa shape index (κ1) is 16.7. The number of halogens is 1. The summed E-state index contributed by atoms with van der Waals surface area (Å²) in [6.45, 7) is 9.06. The molecule has 0 aliphatic carbocycles. The highest BCUT2D eigenvalue weighted by Gasteiger charge is 2.37. The van der Waals surface area contributed by atoms with E-state index in [1.54, 1.807) is 20.8 Å². The average molecular weight is 342 g/mol. The first-order chi connectivity index (χ1) is 9.04. The zero-order chi connectivity index (χ0) is 15.7. The lowest BCUT2D eigenvalue weighted by Gasteiger charge is -2.26. The van der Waals surface area contributed by atoms with E-state index >= 15 is 0 Å². The number of nitrogens with one attached hydrogen (secondary N) is 1. The van der Waals surface area contributed by atoms with Gasteiger partial charge in [-0.25, -0.2) is 0 Å². The third-order valence-electron chi connectivity index (χ3n) is 3.08. The summed E-state index contributed by atoms with van der Waals surface area (Å²) in [5.41, 5.74) is 1.95. The maximum absolute atomic E-state index is 12.2. The molecule has 2 N–H and O–H groups in total. The molecular formula is C15H20BrNO3. The summed E-state index contributed by atoms with van der Waals surface area (Å²) in [4.78, 5) is 23.5. The van der Waals surface area contributed by atoms with Gasteiger partial charge in [-0.15, -0.1) is 0 Å². The van der Waals surface area contributed by atoms with E-state index < -0.39 is 23.2 Å². The van der Waals surface area contributed by atoms with Crippen LogP contribution in [0.5, 0.6) is 0 Å². The average Bonchev–Trinajstić information content (AvgIpc) is 2.22. The number of carboxylic acids is 1. The second-order valence-corrected chi connectivity index (χ2v) is 6.84. The topological polar surface area (TPSA) is 66.4 Å². The van der Waals surface area contributed by atoms with Crippen molar-refractivity contribution in [3.8, 4) is 0 Å². The Hall–Kier alpha value is -1.36. The normalized spacial score (nSPS) is 12.9. The molecule has 0 bridgehead atoms. The molecule has 0 fully saturated rings. The van der Waals surface area contributed by atoms with Crippen LogP contribution in [0.1, 0.15) is 31.9 Å². The molecule has 0 aliphatic rings. The van der Waals surface area contributed by atoms with Crippen molar-refractivity contribution < 1.29 is 14.7 Å². The van der Waals surface area contributed by atoms with Crippen LogP contribution in [0.15, 0.2) is 16.6 Å². The first-order valence-corrected chi connectivity index (χ1v) is 7.13. The van der Waals surface area contributed by atoms with Gasteiger partial charge in [0.2, 0.25) is 5.91 Å². The lowest BCUT2D eigenvalue weighted by molar-refractivity contribution is -0.149. The highest BCUT2D eigenvalue weighted by atomic mass is 79.9. The molecule has 1 aromatic carbocycles. The van der Waals surface area contributed by atoms with Crippen LogP contribution >= 0.6 is 15.9 Å². The number of hydrogen-bond acceptors (Lipinski definition) is 2. The fraction of sp³-hybridized carbons (Fsp3) is 0.467. The fourth-order valence-electron chi connectivity index (χ4n) is 2.11. The molecular weight excluding hydrogens is 322 g/mol. The van der Waals surface area contributed by atoms with Crippen molar-refractivity contribution >= 4 is 33.5 Å². The van der Waals surface area contributed by atoms with Gasteiger partial charge >= 0.3 is 5.97 Å². The smallest absolute Gasteiger partial charge is 0.316 e. The molecule has 20 heavy (non-hydrogen) atoms. The number of anilines is 1. The van der Waals surface area contributed by atoms with E-state index in [9.17, 15) is 14.7 Å². The zero-order valence-corrected chi connectivity index (χ0v) is 14.0. The minimum Gasteiger partial charge on any atom is -0.481 e. The number of aliphatic carboxylic acids is 1. The highest BCUT2D eigenvalue weighted by molar-refractivity contribution is 9.10. The van der Waals surface area contributed by atoms with Crippen LogP contribution in [0.25, 0.3) is 0 Å². The SMILES string of the molecule is Cc1cc(NC(=O)C(C(=O)O)C(C)(C)C)cc(C)c1Br. The Bertz CT molecular complexity index is 524. The summed E-state index contributed by atoms with van der Waals surface area (Å²) in [6.07, 6.45) is 0. The third-order valence-corrected chi connectivity index (χ3v) is 4.33. The van der Waals surface area contributed by atoms with Crippen LogP contribution in [0.4, 0.5) is 5.69 Å². The molecule has 5 heteroatoms. The Kier molecular flexibility index (Phi) is 4.97. The molecule has 0 saturated carbocycles. The quantitative estimate of drug-likeness (QED) is 0.822. The number of carbonyl (C=O) groups excluding carboxylic acids is 1. The summed E-state index contributed by atoms with van der Waals surface area (Å²) in [5.74, 6) is -2.70. The van der Waals surface area contributed by atoms with Crippen molar-refractivity contribution in [2.24, 2.45) is 11.3 Å². The Morgan fingerprint density at radius 3 is 2.00 bits per heavy atom. The van der Waals surface area contributed by atoms with Crippen LogP contribution in [0.3, 0.4) is 0 Å². The lowest BCUT2D eigenvalue weighted by atomic mass is 9.80. The summed E-state index contributed by atoms with van der Waals surface area (Å²) in [5, 5.41) is 11.9. The summed E-state index contributed by atoms with van der Waals surface area (Å²) in [7, 11) is 0.